The molecule has 1 unspecified atom stereocenters. The van der Waals surface area contributed by atoms with Crippen molar-refractivity contribution in [2.24, 2.45) is 0 Å². The first-order valence-electron chi connectivity index (χ1n) is 7.16. The lowest BCUT2D eigenvalue weighted by molar-refractivity contribution is -0.143. The van der Waals surface area contributed by atoms with Crippen molar-refractivity contribution in [3.05, 3.63) is 29.3 Å². The summed E-state index contributed by atoms with van der Waals surface area (Å²) in [6, 6.07) is 3.92. The minimum Gasteiger partial charge on any atom is -0.496 e. The lowest BCUT2D eigenvalue weighted by atomic mass is 10.1. The van der Waals surface area contributed by atoms with Crippen LogP contribution in [0.15, 0.2) is 18.2 Å². The molecule has 8 heteroatoms. The Bertz CT molecular complexity index is 582. The summed E-state index contributed by atoms with van der Waals surface area (Å²) >= 11 is 0. The molecule has 1 aromatic rings. The third-order valence-corrected chi connectivity index (χ3v) is 3.15. The summed E-state index contributed by atoms with van der Waals surface area (Å²) in [7, 11) is 3.18. The highest BCUT2D eigenvalue weighted by molar-refractivity contribution is 5.88. The largest absolute Gasteiger partial charge is 0.496 e. The molecule has 0 aliphatic rings. The van der Waals surface area contributed by atoms with E-state index in [0.29, 0.717) is 24.3 Å². The monoisotopic (exact) mass is 341 g/mol. The molecule has 0 saturated carbocycles. The van der Waals surface area contributed by atoms with Gasteiger partial charge in [-0.2, -0.15) is 0 Å². The second-order valence-corrected chi connectivity index (χ2v) is 5.03. The molecule has 0 heterocycles. The maximum absolute atomic E-state index is 11.1. The Balaban J connectivity index is 0.00000118. The zero-order chi connectivity index (χ0) is 18.9. The normalized spacial score (nSPS) is 11.2. The van der Waals surface area contributed by atoms with Gasteiger partial charge in [0.1, 0.15) is 11.8 Å². The van der Waals surface area contributed by atoms with Crippen LogP contribution in [0.25, 0.3) is 0 Å². The number of aromatic carboxylic acids is 1. The van der Waals surface area contributed by atoms with Crippen LogP contribution >= 0.6 is 0 Å². The Morgan fingerprint density at radius 2 is 1.75 bits per heavy atom. The molecule has 0 aromatic heterocycles. The molecule has 1 aromatic carbocycles. The average Bonchev–Trinajstić information content (AvgIpc) is 2.46. The van der Waals surface area contributed by atoms with Crippen LogP contribution in [0.5, 0.6) is 5.75 Å². The number of likely N-dealkylation sites (N-methyl/N-ethyl adjacent to an activating group) is 1. The van der Waals surface area contributed by atoms with E-state index in [1.165, 1.54) is 19.2 Å². The molecule has 0 fully saturated rings. The van der Waals surface area contributed by atoms with E-state index in [2.05, 4.69) is 0 Å². The van der Waals surface area contributed by atoms with Crippen LogP contribution in [0.3, 0.4) is 0 Å². The second-order valence-electron chi connectivity index (χ2n) is 5.03. The van der Waals surface area contributed by atoms with Crippen molar-refractivity contribution < 1.29 is 34.4 Å². The lowest BCUT2D eigenvalue weighted by Gasteiger charge is -2.24. The van der Waals surface area contributed by atoms with Crippen molar-refractivity contribution >= 4 is 17.9 Å². The number of benzene rings is 1. The second kappa shape index (κ2) is 10.2. The number of methoxy groups -OCH3 is 1. The summed E-state index contributed by atoms with van der Waals surface area (Å²) in [5.41, 5.74) is 0.798. The minimum atomic E-state index is -1.03. The number of carboxylic acid groups (broad SMARTS) is 3. The molecule has 1 atom stereocenters. The number of rotatable bonds is 7. The third-order valence-electron chi connectivity index (χ3n) is 3.15. The minimum absolute atomic E-state index is 0.151. The molecule has 8 nitrogen and oxygen atoms in total. The van der Waals surface area contributed by atoms with Gasteiger partial charge in [0.05, 0.1) is 12.7 Å². The lowest BCUT2D eigenvalue weighted by Crippen LogP contribution is -2.37. The van der Waals surface area contributed by atoms with Gasteiger partial charge >= 0.3 is 11.9 Å². The number of carbonyl (C=O) groups is 3. The van der Waals surface area contributed by atoms with Crippen molar-refractivity contribution in [2.45, 2.75) is 32.9 Å². The molecule has 1 rings (SSSR count). The quantitative estimate of drug-likeness (QED) is 0.685. The van der Waals surface area contributed by atoms with Gasteiger partial charge in [-0.15, -0.1) is 0 Å². The number of hydrogen-bond donors (Lipinski definition) is 3. The van der Waals surface area contributed by atoms with Gasteiger partial charge in [0.25, 0.3) is 5.97 Å². The van der Waals surface area contributed by atoms with Crippen LogP contribution in [0.2, 0.25) is 0 Å². The highest BCUT2D eigenvalue weighted by Gasteiger charge is 2.21. The van der Waals surface area contributed by atoms with Crippen LogP contribution in [-0.4, -0.2) is 58.3 Å². The summed E-state index contributed by atoms with van der Waals surface area (Å²) in [4.78, 5) is 32.8. The van der Waals surface area contributed by atoms with E-state index >= 15 is 0 Å². The van der Waals surface area contributed by atoms with Gasteiger partial charge in [0.15, 0.2) is 0 Å². The topological polar surface area (TPSA) is 124 Å². The summed E-state index contributed by atoms with van der Waals surface area (Å²) in [6.07, 6.45) is 0.465. The van der Waals surface area contributed by atoms with Crippen molar-refractivity contribution in [1.29, 1.82) is 0 Å². The van der Waals surface area contributed by atoms with Crippen LogP contribution in [-0.2, 0) is 16.1 Å². The third kappa shape index (κ3) is 7.10. The van der Waals surface area contributed by atoms with Crippen molar-refractivity contribution in [3.8, 4) is 5.75 Å². The van der Waals surface area contributed by atoms with Gasteiger partial charge in [0, 0.05) is 19.0 Å². The Labute approximate surface area is 140 Å². The number of carboxylic acids is 3. The SMILES string of the molecule is CC(=O)O.CCC(C(=O)O)N(C)Cc1cc(C(=O)O)ccc1OC. The summed E-state index contributed by atoms with van der Waals surface area (Å²) in [6.45, 7) is 3.18. The predicted octanol–water partition coefficient (Wildman–Crippen LogP) is 1.78. The van der Waals surface area contributed by atoms with Gasteiger partial charge in [-0.1, -0.05) is 6.92 Å². The maximum atomic E-state index is 11.1. The van der Waals surface area contributed by atoms with E-state index in [0.717, 1.165) is 6.92 Å². The van der Waals surface area contributed by atoms with Crippen molar-refractivity contribution in [1.82, 2.24) is 4.90 Å². The fourth-order valence-electron chi connectivity index (χ4n) is 2.09. The van der Waals surface area contributed by atoms with Gasteiger partial charge in [0.2, 0.25) is 0 Å². The molecule has 0 amide bonds. The molecule has 0 radical (unpaired) electrons. The Kier molecular flexibility index (Phi) is 9.11. The molecule has 0 saturated heterocycles. The fraction of sp³-hybridized carbons (Fsp3) is 0.438. The van der Waals surface area contributed by atoms with Crippen LogP contribution in [0, 0.1) is 0 Å². The Morgan fingerprint density at radius 3 is 2.12 bits per heavy atom. The molecule has 3 N–H and O–H groups in total. The highest BCUT2D eigenvalue weighted by Crippen LogP contribution is 2.22. The number of aliphatic carboxylic acids is 2. The Morgan fingerprint density at radius 1 is 1.21 bits per heavy atom. The first kappa shape index (κ1) is 21.4. The smallest absolute Gasteiger partial charge is 0.335 e. The Hall–Kier alpha value is -2.61. The number of ether oxygens (including phenoxy) is 1. The van der Waals surface area contributed by atoms with Gasteiger partial charge in [-0.05, 0) is 31.7 Å². The predicted molar refractivity (Wildman–Crippen MR) is 86.4 cm³/mol. The van der Waals surface area contributed by atoms with Crippen molar-refractivity contribution in [3.63, 3.8) is 0 Å². The number of hydrogen-bond acceptors (Lipinski definition) is 5. The molecule has 134 valence electrons. The molecule has 0 aliphatic carbocycles. The van der Waals surface area contributed by atoms with Gasteiger partial charge in [-0.3, -0.25) is 14.5 Å². The molecule has 0 spiro atoms. The molecular weight excluding hydrogens is 318 g/mol. The van der Waals surface area contributed by atoms with Gasteiger partial charge < -0.3 is 20.1 Å². The highest BCUT2D eigenvalue weighted by atomic mass is 16.5. The maximum Gasteiger partial charge on any atom is 0.335 e. The molecule has 0 aliphatic heterocycles. The summed E-state index contributed by atoms with van der Waals surface area (Å²) < 4.78 is 5.19. The molecule has 24 heavy (non-hydrogen) atoms. The standard InChI is InChI=1S/C14H19NO5.C2H4O2/c1-4-11(14(18)19)15(2)8-10-7-9(13(16)17)5-6-12(10)20-3;1-2(3)4/h5-7,11H,4,8H2,1-3H3,(H,16,17)(H,18,19);1H3,(H,3,4). The molecular formula is C16H23NO7. The van der Waals surface area contributed by atoms with Crippen LogP contribution in [0.1, 0.15) is 36.2 Å². The fourth-order valence-corrected chi connectivity index (χ4v) is 2.09. The number of nitrogens with zero attached hydrogens (tertiary/aromatic N) is 1. The zero-order valence-corrected chi connectivity index (χ0v) is 14.1. The van der Waals surface area contributed by atoms with Gasteiger partial charge in [-0.25, -0.2) is 4.79 Å². The first-order chi connectivity index (χ1) is 11.1. The van der Waals surface area contributed by atoms with E-state index in [-0.39, 0.29) is 5.56 Å². The van der Waals surface area contributed by atoms with Crippen molar-refractivity contribution in [2.75, 3.05) is 14.2 Å². The summed E-state index contributed by atoms with van der Waals surface area (Å²) in [5, 5.41) is 25.5. The first-order valence-corrected chi connectivity index (χ1v) is 7.16. The van der Waals surface area contributed by atoms with Crippen LogP contribution in [0.4, 0.5) is 0 Å². The summed E-state index contributed by atoms with van der Waals surface area (Å²) in [5.74, 6) is -2.22. The van der Waals surface area contributed by atoms with Crippen LogP contribution < -0.4 is 4.74 Å². The van der Waals surface area contributed by atoms with E-state index in [1.807, 2.05) is 0 Å². The van der Waals surface area contributed by atoms with E-state index < -0.39 is 23.9 Å². The zero-order valence-electron chi connectivity index (χ0n) is 14.1. The van der Waals surface area contributed by atoms with E-state index in [1.54, 1.807) is 24.9 Å². The molecule has 0 bridgehead atoms. The van der Waals surface area contributed by atoms with E-state index in [4.69, 9.17) is 24.9 Å². The average molecular weight is 341 g/mol. The van der Waals surface area contributed by atoms with E-state index in [9.17, 15) is 9.59 Å².